The Morgan fingerprint density at radius 1 is 1.23 bits per heavy atom. The van der Waals surface area contributed by atoms with Crippen LogP contribution < -0.4 is 10.9 Å². The lowest BCUT2D eigenvalue weighted by Gasteiger charge is -2.31. The van der Waals surface area contributed by atoms with Crippen molar-refractivity contribution in [3.63, 3.8) is 0 Å². The average Bonchev–Trinajstić information content (AvgIpc) is 2.62. The third-order valence-electron chi connectivity index (χ3n) is 4.53. The monoisotopic (exact) mass is 359 g/mol. The highest BCUT2D eigenvalue weighted by molar-refractivity contribution is 5.78. The number of benzene rings is 1. The van der Waals surface area contributed by atoms with Gasteiger partial charge in [0.05, 0.1) is 5.39 Å². The van der Waals surface area contributed by atoms with Gasteiger partial charge in [-0.2, -0.15) is 0 Å². The van der Waals surface area contributed by atoms with E-state index in [1.165, 1.54) is 0 Å². The summed E-state index contributed by atoms with van der Waals surface area (Å²) >= 11 is 0. The second-order valence-corrected chi connectivity index (χ2v) is 6.88. The third kappa shape index (κ3) is 5.11. The molecule has 2 rings (SSSR count). The quantitative estimate of drug-likeness (QED) is 0.737. The highest BCUT2D eigenvalue weighted by atomic mass is 16.2. The summed E-state index contributed by atoms with van der Waals surface area (Å²) in [6.07, 6.45) is 1.01. The maximum absolute atomic E-state index is 12.4. The maximum Gasteiger partial charge on any atom is 0.278 e. The molecule has 1 aromatic carbocycles. The van der Waals surface area contributed by atoms with E-state index in [-0.39, 0.29) is 24.1 Å². The summed E-state index contributed by atoms with van der Waals surface area (Å²) in [6, 6.07) is 7.29. The Bertz CT molecular complexity index is 783. The fourth-order valence-corrected chi connectivity index (χ4v) is 3.20. The standard InChI is InChI=1S/C19H29N5O2/c1-5-23(6-2)15(11-14(3)4)12-20-18(25)13-24-19(26)16-9-7-8-10-17(16)21-22-24/h7-10,14-15H,5-6,11-13H2,1-4H3,(H,20,25). The van der Waals surface area contributed by atoms with Crippen LogP contribution in [0.25, 0.3) is 10.9 Å². The Hall–Kier alpha value is -2.28. The summed E-state index contributed by atoms with van der Waals surface area (Å²) in [5.41, 5.74) is 0.237. The van der Waals surface area contributed by atoms with Crippen LogP contribution >= 0.6 is 0 Å². The topological polar surface area (TPSA) is 80.1 Å². The van der Waals surface area contributed by atoms with Crippen molar-refractivity contribution in [2.24, 2.45) is 5.92 Å². The second-order valence-electron chi connectivity index (χ2n) is 6.88. The van der Waals surface area contributed by atoms with Gasteiger partial charge in [0.15, 0.2) is 0 Å². The van der Waals surface area contributed by atoms with E-state index in [1.54, 1.807) is 24.3 Å². The first kappa shape index (κ1) is 20.0. The fourth-order valence-electron chi connectivity index (χ4n) is 3.20. The first-order valence-corrected chi connectivity index (χ1v) is 9.29. The van der Waals surface area contributed by atoms with Crippen molar-refractivity contribution in [3.8, 4) is 0 Å². The predicted octanol–water partition coefficient (Wildman–Crippen LogP) is 1.66. The van der Waals surface area contributed by atoms with Gasteiger partial charge >= 0.3 is 0 Å². The molecule has 2 aromatic rings. The molecule has 7 heteroatoms. The normalized spacial score (nSPS) is 12.7. The molecular formula is C19H29N5O2. The smallest absolute Gasteiger partial charge is 0.278 e. The van der Waals surface area contributed by atoms with Crippen molar-refractivity contribution in [1.82, 2.24) is 25.2 Å². The molecule has 142 valence electrons. The Morgan fingerprint density at radius 2 is 1.92 bits per heavy atom. The largest absolute Gasteiger partial charge is 0.353 e. The minimum absolute atomic E-state index is 0.122. The minimum atomic E-state index is -0.298. The highest BCUT2D eigenvalue weighted by Crippen LogP contribution is 2.11. The number of aromatic nitrogens is 3. The number of likely N-dealkylation sites (N-methyl/N-ethyl adjacent to an activating group) is 1. The van der Waals surface area contributed by atoms with Crippen molar-refractivity contribution >= 4 is 16.8 Å². The van der Waals surface area contributed by atoms with Crippen LogP contribution in [0.1, 0.15) is 34.1 Å². The Labute approximate surface area is 154 Å². The second kappa shape index (κ2) is 9.43. The van der Waals surface area contributed by atoms with Crippen LogP contribution in [0.15, 0.2) is 29.1 Å². The molecule has 0 saturated heterocycles. The van der Waals surface area contributed by atoms with Crippen LogP contribution in [0, 0.1) is 5.92 Å². The number of nitrogens with one attached hydrogen (secondary N) is 1. The maximum atomic E-state index is 12.4. The SMILES string of the molecule is CCN(CC)C(CNC(=O)Cn1nnc2ccccc2c1=O)CC(C)C. The van der Waals surface area contributed by atoms with Gasteiger partial charge < -0.3 is 5.32 Å². The number of carbonyl (C=O) groups excluding carboxylic acids is 1. The van der Waals surface area contributed by atoms with E-state index in [9.17, 15) is 9.59 Å². The molecule has 0 aliphatic rings. The van der Waals surface area contributed by atoms with Gasteiger partial charge in [0.25, 0.3) is 5.56 Å². The zero-order chi connectivity index (χ0) is 19.1. The summed E-state index contributed by atoms with van der Waals surface area (Å²) in [6.45, 7) is 11.0. The number of hydrogen-bond acceptors (Lipinski definition) is 5. The molecule has 1 heterocycles. The van der Waals surface area contributed by atoms with E-state index < -0.39 is 0 Å². The molecule has 0 radical (unpaired) electrons. The molecule has 0 bridgehead atoms. The molecular weight excluding hydrogens is 330 g/mol. The molecule has 0 saturated carbocycles. The number of hydrogen-bond donors (Lipinski definition) is 1. The first-order valence-electron chi connectivity index (χ1n) is 9.29. The number of carbonyl (C=O) groups is 1. The van der Waals surface area contributed by atoms with Gasteiger partial charge in [0.1, 0.15) is 12.1 Å². The van der Waals surface area contributed by atoms with Gasteiger partial charge in [-0.1, -0.05) is 45.0 Å². The molecule has 0 fully saturated rings. The first-order chi connectivity index (χ1) is 12.5. The molecule has 0 aliphatic carbocycles. The zero-order valence-corrected chi connectivity index (χ0v) is 16.1. The molecule has 1 unspecified atom stereocenters. The third-order valence-corrected chi connectivity index (χ3v) is 4.53. The van der Waals surface area contributed by atoms with Crippen molar-refractivity contribution in [2.75, 3.05) is 19.6 Å². The van der Waals surface area contributed by atoms with Gasteiger partial charge in [0.2, 0.25) is 5.91 Å². The lowest BCUT2D eigenvalue weighted by Crippen LogP contribution is -2.45. The molecule has 1 N–H and O–H groups in total. The van der Waals surface area contributed by atoms with E-state index in [4.69, 9.17) is 0 Å². The van der Waals surface area contributed by atoms with Crippen molar-refractivity contribution in [1.29, 1.82) is 0 Å². The Balaban J connectivity index is 2.03. The number of amides is 1. The lowest BCUT2D eigenvalue weighted by atomic mass is 10.0. The van der Waals surface area contributed by atoms with E-state index in [0.29, 0.717) is 23.4 Å². The van der Waals surface area contributed by atoms with E-state index >= 15 is 0 Å². The summed E-state index contributed by atoms with van der Waals surface area (Å²) in [5, 5.41) is 11.3. The van der Waals surface area contributed by atoms with Crippen LogP contribution in [0.3, 0.4) is 0 Å². The molecule has 7 nitrogen and oxygen atoms in total. The summed E-state index contributed by atoms with van der Waals surface area (Å²) < 4.78 is 1.12. The van der Waals surface area contributed by atoms with Gasteiger partial charge in [-0.05, 0) is 37.6 Å². The van der Waals surface area contributed by atoms with Gasteiger partial charge in [0, 0.05) is 12.6 Å². The number of nitrogens with zero attached hydrogens (tertiary/aromatic N) is 4. The average molecular weight is 359 g/mol. The van der Waals surface area contributed by atoms with Crippen LogP contribution in [0.4, 0.5) is 0 Å². The molecule has 26 heavy (non-hydrogen) atoms. The molecule has 1 amide bonds. The van der Waals surface area contributed by atoms with Crippen LogP contribution in [0.5, 0.6) is 0 Å². The van der Waals surface area contributed by atoms with E-state index in [0.717, 1.165) is 24.2 Å². The number of fused-ring (bicyclic) bond motifs is 1. The zero-order valence-electron chi connectivity index (χ0n) is 16.1. The van der Waals surface area contributed by atoms with Crippen LogP contribution in [-0.4, -0.2) is 51.5 Å². The minimum Gasteiger partial charge on any atom is -0.353 e. The molecule has 1 aromatic heterocycles. The van der Waals surface area contributed by atoms with E-state index in [1.807, 2.05) is 0 Å². The molecule has 1 atom stereocenters. The Morgan fingerprint density at radius 3 is 2.58 bits per heavy atom. The van der Waals surface area contributed by atoms with Gasteiger partial charge in [-0.15, -0.1) is 5.10 Å². The van der Waals surface area contributed by atoms with Gasteiger partial charge in [-0.25, -0.2) is 4.68 Å². The van der Waals surface area contributed by atoms with Crippen LogP contribution in [-0.2, 0) is 11.3 Å². The number of rotatable bonds is 9. The lowest BCUT2D eigenvalue weighted by molar-refractivity contribution is -0.122. The molecule has 0 aliphatic heterocycles. The summed E-state index contributed by atoms with van der Waals surface area (Å²) in [7, 11) is 0. The Kier molecular flexibility index (Phi) is 7.26. The van der Waals surface area contributed by atoms with Crippen molar-refractivity contribution < 1.29 is 4.79 Å². The predicted molar refractivity (Wildman–Crippen MR) is 103 cm³/mol. The van der Waals surface area contributed by atoms with Crippen molar-refractivity contribution in [2.45, 2.75) is 46.7 Å². The summed E-state index contributed by atoms with van der Waals surface area (Å²) in [4.78, 5) is 27.1. The van der Waals surface area contributed by atoms with E-state index in [2.05, 4.69) is 48.2 Å². The van der Waals surface area contributed by atoms with Gasteiger partial charge in [-0.3, -0.25) is 14.5 Å². The highest BCUT2D eigenvalue weighted by Gasteiger charge is 2.18. The van der Waals surface area contributed by atoms with Crippen LogP contribution in [0.2, 0.25) is 0 Å². The summed E-state index contributed by atoms with van der Waals surface area (Å²) in [5.74, 6) is 0.323. The fraction of sp³-hybridized carbons (Fsp3) is 0.579. The van der Waals surface area contributed by atoms with Crippen molar-refractivity contribution in [3.05, 3.63) is 34.6 Å². The molecule has 0 spiro atoms.